The Labute approximate surface area is 144 Å². The van der Waals surface area contributed by atoms with Crippen LogP contribution >= 0.6 is 0 Å². The van der Waals surface area contributed by atoms with Crippen molar-refractivity contribution in [2.75, 3.05) is 0 Å². The number of hydrogen-bond donors (Lipinski definition) is 0. The van der Waals surface area contributed by atoms with Crippen molar-refractivity contribution in [1.29, 1.82) is 16.2 Å². The van der Waals surface area contributed by atoms with Gasteiger partial charge < -0.3 is 0 Å². The van der Waals surface area contributed by atoms with Crippen molar-refractivity contribution in [3.05, 3.63) is 104 Å². The fourth-order valence-electron chi connectivity index (χ4n) is 2.78. The minimum atomic E-state index is -0.0757. The molecule has 6 heteroatoms. The first-order valence-corrected chi connectivity index (χ1v) is 7.60. The van der Waals surface area contributed by atoms with E-state index in [1.54, 1.807) is 36.4 Å². The van der Waals surface area contributed by atoms with Crippen molar-refractivity contribution in [3.63, 3.8) is 0 Å². The molecule has 0 fully saturated rings. The number of nitrogens with zero attached hydrogens (tertiary/aromatic N) is 6. The van der Waals surface area contributed by atoms with Crippen LogP contribution in [0.2, 0.25) is 0 Å². The predicted octanol–water partition coefficient (Wildman–Crippen LogP) is 6.32. The van der Waals surface area contributed by atoms with Crippen LogP contribution in [0.15, 0.2) is 72.8 Å². The van der Waals surface area contributed by atoms with Crippen molar-refractivity contribution in [3.8, 4) is 0 Å². The van der Waals surface area contributed by atoms with Gasteiger partial charge in [-0.25, -0.2) is 0 Å². The smallest absolute Gasteiger partial charge is 0.0500 e. The molecule has 0 atom stereocenters. The Bertz CT molecular complexity index is 864. The summed E-state index contributed by atoms with van der Waals surface area (Å²) in [4.78, 5) is 9.54. The Morgan fingerprint density at radius 1 is 0.440 bits per heavy atom. The molecule has 0 saturated carbocycles. The molecule has 0 unspecified atom stereocenters. The minimum absolute atomic E-state index is 0.0757. The van der Waals surface area contributed by atoms with Gasteiger partial charge >= 0.3 is 17.1 Å². The summed E-state index contributed by atoms with van der Waals surface area (Å²) in [6.45, 7) is 0. The van der Waals surface area contributed by atoms with Gasteiger partial charge in [0.1, 0.15) is 0 Å². The van der Waals surface area contributed by atoms with E-state index in [0.717, 1.165) is 16.7 Å². The van der Waals surface area contributed by atoms with Crippen LogP contribution in [0.3, 0.4) is 0 Å². The molecule has 25 heavy (non-hydrogen) atoms. The lowest BCUT2D eigenvalue weighted by Crippen LogP contribution is -2.02. The Hall–Kier alpha value is -4.08. The van der Waals surface area contributed by atoms with Gasteiger partial charge in [0, 0.05) is 42.3 Å². The summed E-state index contributed by atoms with van der Waals surface area (Å²) < 4.78 is 0. The third-order valence-electron chi connectivity index (χ3n) is 4.03. The molecule has 0 aliphatic heterocycles. The minimum Gasteiger partial charge on any atom is -0.0500 e. The number of hydrogen-bond acceptors (Lipinski definition) is 3. The van der Waals surface area contributed by atoms with Gasteiger partial charge in [0.2, 0.25) is 16.2 Å². The Morgan fingerprint density at radius 2 is 0.680 bits per heavy atom. The largest absolute Gasteiger partial charge is 0.385 e. The van der Waals surface area contributed by atoms with E-state index in [0.29, 0.717) is 17.1 Å². The monoisotopic (exact) mass is 325 g/mol. The highest BCUT2D eigenvalue weighted by atomic mass is 14.9. The molecule has 0 spiro atoms. The van der Waals surface area contributed by atoms with Crippen molar-refractivity contribution >= 4 is 17.1 Å². The Balaban J connectivity index is 2.10. The van der Waals surface area contributed by atoms with Crippen LogP contribution in [0, 0.1) is 16.2 Å². The molecule has 3 aromatic rings. The quantitative estimate of drug-likeness (QED) is 0.417. The third kappa shape index (κ3) is 3.32. The molecule has 0 radical (unpaired) electrons. The molecule has 0 saturated heterocycles. The molecule has 0 N–H and O–H groups in total. The standard InChI is InChI=1S/C19H13N6/c20-23-16-7-1-13(2-8-16)19(14-3-9-17(24-21)10-4-14)15-5-11-18(25-22)12-6-15/h1-12,19H/q+3. The summed E-state index contributed by atoms with van der Waals surface area (Å²) in [6, 6.07) is 21.8. The number of benzene rings is 3. The molecule has 0 aromatic heterocycles. The highest BCUT2D eigenvalue weighted by Crippen LogP contribution is 2.34. The van der Waals surface area contributed by atoms with E-state index in [2.05, 4.69) is 14.9 Å². The fraction of sp³-hybridized carbons (Fsp3) is 0.0526. The number of diazo groups is 3. The third-order valence-corrected chi connectivity index (χ3v) is 4.03. The molecule has 3 aromatic carbocycles. The summed E-state index contributed by atoms with van der Waals surface area (Å²) in [5, 5.41) is 26.6. The zero-order chi connectivity index (χ0) is 17.6. The van der Waals surface area contributed by atoms with Gasteiger partial charge in [-0.05, 0) is 16.7 Å². The van der Waals surface area contributed by atoms with Gasteiger partial charge in [-0.15, -0.1) is 0 Å². The van der Waals surface area contributed by atoms with Crippen LogP contribution in [0.4, 0.5) is 17.1 Å². The SMILES string of the molecule is N#[N+]c1ccc(C(c2ccc([N+]#N)cc2)c2ccc([N+]#N)cc2)cc1. The van der Waals surface area contributed by atoms with Gasteiger partial charge in [-0.3, -0.25) is 0 Å². The van der Waals surface area contributed by atoms with E-state index in [-0.39, 0.29) is 5.92 Å². The molecule has 0 amide bonds. The summed E-state index contributed by atoms with van der Waals surface area (Å²) >= 11 is 0. The predicted molar refractivity (Wildman–Crippen MR) is 94.5 cm³/mol. The van der Waals surface area contributed by atoms with Gasteiger partial charge in [-0.1, -0.05) is 36.4 Å². The molecule has 116 valence electrons. The molecule has 6 nitrogen and oxygen atoms in total. The fourth-order valence-corrected chi connectivity index (χ4v) is 2.78. The molecule has 0 heterocycles. The molecule has 3 rings (SSSR count). The summed E-state index contributed by atoms with van der Waals surface area (Å²) in [6.07, 6.45) is 0. The molecule has 0 aliphatic carbocycles. The maximum Gasteiger partial charge on any atom is 0.385 e. The van der Waals surface area contributed by atoms with Crippen LogP contribution in [0.25, 0.3) is 14.9 Å². The van der Waals surface area contributed by atoms with Crippen LogP contribution in [-0.2, 0) is 0 Å². The Morgan fingerprint density at radius 3 is 0.880 bits per heavy atom. The molecular formula is C19H13N6+3. The lowest BCUT2D eigenvalue weighted by molar-refractivity contribution is 0.979. The summed E-state index contributed by atoms with van der Waals surface area (Å²) in [5.74, 6) is -0.0757. The maximum atomic E-state index is 8.87. The van der Waals surface area contributed by atoms with Crippen LogP contribution in [0.5, 0.6) is 0 Å². The van der Waals surface area contributed by atoms with Crippen molar-refractivity contribution in [2.45, 2.75) is 5.92 Å². The second-order valence-electron chi connectivity index (χ2n) is 5.51. The van der Waals surface area contributed by atoms with E-state index in [1.807, 2.05) is 36.4 Å². The Kier molecular flexibility index (Phi) is 4.42. The van der Waals surface area contributed by atoms with Crippen LogP contribution in [-0.4, -0.2) is 0 Å². The average Bonchev–Trinajstić information content (AvgIpc) is 2.70. The normalized spacial score (nSPS) is 9.84. The highest BCUT2D eigenvalue weighted by molar-refractivity contribution is 5.54. The topological polar surface area (TPSA) is 84.4 Å². The van der Waals surface area contributed by atoms with E-state index in [9.17, 15) is 0 Å². The van der Waals surface area contributed by atoms with Crippen LogP contribution in [0.1, 0.15) is 22.6 Å². The van der Waals surface area contributed by atoms with E-state index >= 15 is 0 Å². The average molecular weight is 325 g/mol. The second kappa shape index (κ2) is 7.00. The second-order valence-corrected chi connectivity index (χ2v) is 5.51. The first-order valence-electron chi connectivity index (χ1n) is 7.60. The first-order chi connectivity index (χ1) is 12.2. The first kappa shape index (κ1) is 15.8. The van der Waals surface area contributed by atoms with Gasteiger partial charge in [0.05, 0.1) is 0 Å². The maximum absolute atomic E-state index is 8.87. The lowest BCUT2D eigenvalue weighted by atomic mass is 9.85. The van der Waals surface area contributed by atoms with E-state index < -0.39 is 0 Å². The number of rotatable bonds is 3. The van der Waals surface area contributed by atoms with Gasteiger partial charge in [-0.2, -0.15) is 0 Å². The van der Waals surface area contributed by atoms with Crippen molar-refractivity contribution in [2.24, 2.45) is 0 Å². The van der Waals surface area contributed by atoms with Crippen molar-refractivity contribution in [1.82, 2.24) is 0 Å². The lowest BCUT2D eigenvalue weighted by Gasteiger charge is -2.17. The molecular weight excluding hydrogens is 312 g/mol. The van der Waals surface area contributed by atoms with Crippen molar-refractivity contribution < 1.29 is 0 Å². The van der Waals surface area contributed by atoms with E-state index in [1.165, 1.54) is 0 Å². The zero-order valence-electron chi connectivity index (χ0n) is 13.2. The van der Waals surface area contributed by atoms with Gasteiger partial charge in [0.25, 0.3) is 0 Å². The summed E-state index contributed by atoms with van der Waals surface area (Å²) in [5.41, 5.74) is 4.46. The van der Waals surface area contributed by atoms with Crippen LogP contribution < -0.4 is 0 Å². The molecule has 0 bridgehead atoms. The zero-order valence-corrected chi connectivity index (χ0v) is 13.2. The summed E-state index contributed by atoms with van der Waals surface area (Å²) in [7, 11) is 0. The van der Waals surface area contributed by atoms with Gasteiger partial charge in [0.15, 0.2) is 14.9 Å². The molecule has 0 aliphatic rings. The van der Waals surface area contributed by atoms with E-state index in [4.69, 9.17) is 16.2 Å². The highest BCUT2D eigenvalue weighted by Gasteiger charge is 2.20.